The molecule has 0 aliphatic carbocycles. The molecule has 7 heteroatoms. The lowest BCUT2D eigenvalue weighted by molar-refractivity contribution is 0.289. The van der Waals surface area contributed by atoms with Gasteiger partial charge in [-0.05, 0) is 38.6 Å². The Bertz CT molecular complexity index is 887. The number of hydrogen-bond donors (Lipinski definition) is 1. The lowest BCUT2D eigenvalue weighted by Crippen LogP contribution is -2.23. The average Bonchev–Trinajstić information content (AvgIpc) is 2.94. The monoisotopic (exact) mass is 371 g/mol. The van der Waals surface area contributed by atoms with E-state index in [-0.39, 0.29) is 0 Å². The normalized spacial score (nSPS) is 11.3. The molecule has 0 radical (unpaired) electrons. The number of ether oxygens (including phenoxy) is 1. The van der Waals surface area contributed by atoms with Crippen LogP contribution < -0.4 is 10.1 Å². The second kappa shape index (κ2) is 7.97. The highest BCUT2D eigenvalue weighted by atomic mass is 32.1. The van der Waals surface area contributed by atoms with E-state index >= 15 is 0 Å². The molecule has 0 saturated heterocycles. The highest BCUT2D eigenvalue weighted by Crippen LogP contribution is 2.34. The van der Waals surface area contributed by atoms with Gasteiger partial charge in [0.25, 0.3) is 0 Å². The van der Waals surface area contributed by atoms with Crippen LogP contribution in [0.25, 0.3) is 10.2 Å². The predicted octanol–water partition coefficient (Wildman–Crippen LogP) is 4.30. The Labute approximate surface area is 158 Å². The van der Waals surface area contributed by atoms with Crippen LogP contribution in [0.1, 0.15) is 30.1 Å². The Kier molecular flexibility index (Phi) is 5.68. The highest BCUT2D eigenvalue weighted by Gasteiger charge is 2.16. The van der Waals surface area contributed by atoms with Crippen molar-refractivity contribution in [3.8, 4) is 5.88 Å². The van der Waals surface area contributed by atoms with Crippen molar-refractivity contribution in [3.63, 3.8) is 0 Å². The molecule has 3 aromatic rings. The summed E-state index contributed by atoms with van der Waals surface area (Å²) in [6.07, 6.45) is 1.76. The van der Waals surface area contributed by atoms with E-state index in [0.717, 1.165) is 47.2 Å². The minimum atomic E-state index is 0.591. The molecule has 0 unspecified atom stereocenters. The van der Waals surface area contributed by atoms with Crippen LogP contribution >= 0.6 is 11.3 Å². The van der Waals surface area contributed by atoms with E-state index < -0.39 is 0 Å². The zero-order valence-electron chi connectivity index (χ0n) is 16.0. The van der Waals surface area contributed by atoms with Crippen molar-refractivity contribution in [1.82, 2.24) is 19.9 Å². The van der Waals surface area contributed by atoms with Crippen molar-refractivity contribution in [2.45, 2.75) is 34.2 Å². The van der Waals surface area contributed by atoms with E-state index in [0.29, 0.717) is 5.88 Å². The molecule has 0 spiro atoms. The second-order valence-corrected chi connectivity index (χ2v) is 7.33. The van der Waals surface area contributed by atoms with Gasteiger partial charge in [0.05, 0.1) is 30.9 Å². The van der Waals surface area contributed by atoms with E-state index in [2.05, 4.69) is 42.9 Å². The van der Waals surface area contributed by atoms with Gasteiger partial charge in [-0.15, -0.1) is 11.3 Å². The quantitative estimate of drug-likeness (QED) is 0.668. The number of pyridine rings is 1. The van der Waals surface area contributed by atoms with E-state index in [9.17, 15) is 0 Å². The van der Waals surface area contributed by atoms with Gasteiger partial charge in [-0.3, -0.25) is 4.90 Å². The largest absolute Gasteiger partial charge is 0.481 e. The molecule has 138 valence electrons. The van der Waals surface area contributed by atoms with E-state index in [1.165, 1.54) is 10.4 Å². The summed E-state index contributed by atoms with van der Waals surface area (Å²) < 4.78 is 5.13. The molecule has 0 aromatic carbocycles. The number of anilines is 2. The standard InChI is InChI=1S/C19H25N5OS/c1-6-24(7-2)11-15-22-18(17-12(3)13(4)26-19(17)23-15)21-14-8-9-16(25-5)20-10-14/h8-10H,6-7,11H2,1-5H3,(H,21,22,23). The zero-order valence-corrected chi connectivity index (χ0v) is 16.8. The second-order valence-electron chi connectivity index (χ2n) is 6.13. The number of nitrogens with one attached hydrogen (secondary N) is 1. The fourth-order valence-electron chi connectivity index (χ4n) is 2.81. The van der Waals surface area contributed by atoms with Gasteiger partial charge in [0.15, 0.2) is 0 Å². The SMILES string of the molecule is CCN(CC)Cc1nc(Nc2ccc(OC)nc2)c2c(C)c(C)sc2n1. The summed E-state index contributed by atoms with van der Waals surface area (Å²) in [5.41, 5.74) is 2.10. The third kappa shape index (κ3) is 3.78. The van der Waals surface area contributed by atoms with E-state index in [1.54, 1.807) is 24.6 Å². The van der Waals surface area contributed by atoms with Crippen molar-refractivity contribution < 1.29 is 4.74 Å². The molecule has 0 aliphatic heterocycles. The fraction of sp³-hybridized carbons (Fsp3) is 0.421. The highest BCUT2D eigenvalue weighted by molar-refractivity contribution is 7.18. The summed E-state index contributed by atoms with van der Waals surface area (Å²) in [5.74, 6) is 2.27. The summed E-state index contributed by atoms with van der Waals surface area (Å²) in [4.78, 5) is 18.5. The first kappa shape index (κ1) is 18.5. The van der Waals surface area contributed by atoms with Crippen molar-refractivity contribution in [2.24, 2.45) is 0 Å². The van der Waals surface area contributed by atoms with Gasteiger partial charge in [-0.1, -0.05) is 13.8 Å². The van der Waals surface area contributed by atoms with Gasteiger partial charge >= 0.3 is 0 Å². The Hall–Kier alpha value is -2.25. The Balaban J connectivity index is 2.02. The number of methoxy groups -OCH3 is 1. The third-order valence-electron chi connectivity index (χ3n) is 4.54. The number of thiophene rings is 1. The van der Waals surface area contributed by atoms with Gasteiger partial charge < -0.3 is 10.1 Å². The lowest BCUT2D eigenvalue weighted by atomic mass is 10.2. The summed E-state index contributed by atoms with van der Waals surface area (Å²) >= 11 is 1.72. The van der Waals surface area contributed by atoms with Crippen LogP contribution in [0.5, 0.6) is 5.88 Å². The zero-order chi connectivity index (χ0) is 18.7. The molecule has 6 nitrogen and oxygen atoms in total. The van der Waals surface area contributed by atoms with Crippen LogP contribution in [0.15, 0.2) is 18.3 Å². The maximum Gasteiger partial charge on any atom is 0.213 e. The topological polar surface area (TPSA) is 63.2 Å². The lowest BCUT2D eigenvalue weighted by Gasteiger charge is -2.17. The first-order valence-electron chi connectivity index (χ1n) is 8.81. The predicted molar refractivity (Wildman–Crippen MR) is 108 cm³/mol. The number of aryl methyl sites for hydroxylation is 2. The molecular weight excluding hydrogens is 346 g/mol. The molecule has 0 fully saturated rings. The molecule has 3 heterocycles. The maximum atomic E-state index is 5.13. The number of aromatic nitrogens is 3. The molecule has 26 heavy (non-hydrogen) atoms. The van der Waals surface area contributed by atoms with E-state index in [1.807, 2.05) is 12.1 Å². The molecule has 1 N–H and O–H groups in total. The van der Waals surface area contributed by atoms with Crippen molar-refractivity contribution in [2.75, 3.05) is 25.5 Å². The van der Waals surface area contributed by atoms with Crippen LogP contribution in [0.2, 0.25) is 0 Å². The smallest absolute Gasteiger partial charge is 0.213 e. The van der Waals surface area contributed by atoms with Gasteiger partial charge in [0.2, 0.25) is 5.88 Å². The van der Waals surface area contributed by atoms with Gasteiger partial charge in [0, 0.05) is 10.9 Å². The minimum absolute atomic E-state index is 0.591. The van der Waals surface area contributed by atoms with Crippen molar-refractivity contribution in [3.05, 3.63) is 34.6 Å². The van der Waals surface area contributed by atoms with Crippen molar-refractivity contribution in [1.29, 1.82) is 0 Å². The third-order valence-corrected chi connectivity index (χ3v) is 5.64. The number of fused-ring (bicyclic) bond motifs is 1. The fourth-order valence-corrected chi connectivity index (χ4v) is 3.86. The number of rotatable bonds is 7. The average molecular weight is 372 g/mol. The summed E-state index contributed by atoms with van der Waals surface area (Å²) in [6, 6.07) is 3.78. The molecule has 0 bridgehead atoms. The van der Waals surface area contributed by atoms with Gasteiger partial charge in [-0.25, -0.2) is 15.0 Å². The first-order valence-corrected chi connectivity index (χ1v) is 9.63. The first-order chi connectivity index (χ1) is 12.5. The Morgan fingerprint density at radius 3 is 2.54 bits per heavy atom. The molecule has 0 amide bonds. The van der Waals surface area contributed by atoms with Crippen molar-refractivity contribution >= 4 is 33.1 Å². The van der Waals surface area contributed by atoms with E-state index in [4.69, 9.17) is 14.7 Å². The molecule has 0 aliphatic rings. The molecule has 0 atom stereocenters. The number of nitrogens with zero attached hydrogens (tertiary/aromatic N) is 4. The summed E-state index contributed by atoms with van der Waals surface area (Å²) in [7, 11) is 1.61. The van der Waals surface area contributed by atoms with Crippen LogP contribution in [-0.4, -0.2) is 40.1 Å². The molecular formula is C19H25N5OS. The van der Waals surface area contributed by atoms with Gasteiger partial charge in [-0.2, -0.15) is 0 Å². The molecule has 0 saturated carbocycles. The Morgan fingerprint density at radius 1 is 1.15 bits per heavy atom. The van der Waals surface area contributed by atoms with Crippen LogP contribution in [0, 0.1) is 13.8 Å². The van der Waals surface area contributed by atoms with Crippen LogP contribution in [0.3, 0.4) is 0 Å². The number of hydrogen-bond acceptors (Lipinski definition) is 7. The molecule has 3 aromatic heterocycles. The molecule has 3 rings (SSSR count). The Morgan fingerprint density at radius 2 is 1.92 bits per heavy atom. The van der Waals surface area contributed by atoms with Crippen LogP contribution in [-0.2, 0) is 6.54 Å². The maximum absolute atomic E-state index is 5.13. The summed E-state index contributed by atoms with van der Waals surface area (Å²) in [5, 5.41) is 4.51. The minimum Gasteiger partial charge on any atom is -0.481 e. The summed E-state index contributed by atoms with van der Waals surface area (Å²) in [6.45, 7) is 11.3. The van der Waals surface area contributed by atoms with Crippen LogP contribution in [0.4, 0.5) is 11.5 Å². The van der Waals surface area contributed by atoms with Gasteiger partial charge in [0.1, 0.15) is 16.5 Å².